The number of hydrogen-bond donors (Lipinski definition) is 1. The Morgan fingerprint density at radius 2 is 1.79 bits per heavy atom. The lowest BCUT2D eigenvalue weighted by Crippen LogP contribution is -2.29. The van der Waals surface area contributed by atoms with Gasteiger partial charge in [-0.25, -0.2) is 0 Å². The van der Waals surface area contributed by atoms with Gasteiger partial charge in [0.15, 0.2) is 5.11 Å². The smallest absolute Gasteiger partial charge is 0.170 e. The molecular formula is C26H23Cl2N5S. The molecule has 1 saturated heterocycles. The highest BCUT2D eigenvalue weighted by atomic mass is 35.5. The zero-order valence-electron chi connectivity index (χ0n) is 18.7. The van der Waals surface area contributed by atoms with E-state index in [0.29, 0.717) is 21.7 Å². The molecule has 5 rings (SSSR count). The molecule has 1 aliphatic rings. The molecule has 4 aromatic rings. The summed E-state index contributed by atoms with van der Waals surface area (Å²) >= 11 is 18.6. The van der Waals surface area contributed by atoms with Gasteiger partial charge in [-0.3, -0.25) is 9.97 Å². The summed E-state index contributed by atoms with van der Waals surface area (Å²) in [5.74, 6) is 0. The van der Waals surface area contributed by atoms with Crippen molar-refractivity contribution < 1.29 is 0 Å². The van der Waals surface area contributed by atoms with Crippen LogP contribution < -0.4 is 5.32 Å². The SMILES string of the molecule is Cc1cc([C@H]2[C@H](c3ccccn3)NC(=S)N2Cc2ccncc2)c(C)n1-c1ccc(Cl)cc1Cl. The average molecular weight is 508 g/mol. The van der Waals surface area contributed by atoms with Crippen molar-refractivity contribution in [2.45, 2.75) is 32.5 Å². The van der Waals surface area contributed by atoms with Crippen molar-refractivity contribution in [2.24, 2.45) is 0 Å². The number of nitrogens with zero attached hydrogens (tertiary/aromatic N) is 4. The van der Waals surface area contributed by atoms with Crippen LogP contribution in [0.3, 0.4) is 0 Å². The molecule has 1 N–H and O–H groups in total. The lowest BCUT2D eigenvalue weighted by molar-refractivity contribution is 0.310. The molecule has 0 saturated carbocycles. The first kappa shape index (κ1) is 22.8. The van der Waals surface area contributed by atoms with Gasteiger partial charge in [0.2, 0.25) is 0 Å². The quantitative estimate of drug-likeness (QED) is 0.318. The molecule has 0 bridgehead atoms. The molecule has 4 heterocycles. The second kappa shape index (κ2) is 9.37. The molecule has 8 heteroatoms. The Labute approximate surface area is 214 Å². The third kappa shape index (κ3) is 4.17. The fourth-order valence-corrected chi connectivity index (χ4v) is 5.52. The molecule has 1 fully saturated rings. The molecule has 2 atom stereocenters. The molecule has 0 radical (unpaired) electrons. The minimum absolute atomic E-state index is 0.0541. The Balaban J connectivity index is 1.63. The summed E-state index contributed by atoms with van der Waals surface area (Å²) in [5.41, 5.74) is 6.33. The van der Waals surface area contributed by atoms with Crippen molar-refractivity contribution >= 4 is 40.5 Å². The van der Waals surface area contributed by atoms with Crippen LogP contribution in [0.2, 0.25) is 10.0 Å². The van der Waals surface area contributed by atoms with Crippen molar-refractivity contribution in [3.63, 3.8) is 0 Å². The van der Waals surface area contributed by atoms with Gasteiger partial charge < -0.3 is 14.8 Å². The fourth-order valence-electron chi connectivity index (χ4n) is 4.72. The first-order valence-electron chi connectivity index (χ1n) is 11.0. The van der Waals surface area contributed by atoms with E-state index in [9.17, 15) is 0 Å². The maximum atomic E-state index is 6.60. The summed E-state index contributed by atoms with van der Waals surface area (Å²) in [4.78, 5) is 11.0. The van der Waals surface area contributed by atoms with Crippen molar-refractivity contribution in [1.29, 1.82) is 0 Å². The molecule has 1 aliphatic heterocycles. The van der Waals surface area contributed by atoms with Gasteiger partial charge >= 0.3 is 0 Å². The van der Waals surface area contributed by atoms with E-state index in [1.807, 2.05) is 61.1 Å². The van der Waals surface area contributed by atoms with Crippen LogP contribution in [0.1, 0.15) is 40.3 Å². The van der Waals surface area contributed by atoms with Gasteiger partial charge in [-0.2, -0.15) is 0 Å². The van der Waals surface area contributed by atoms with E-state index >= 15 is 0 Å². The monoisotopic (exact) mass is 507 g/mol. The molecule has 3 aromatic heterocycles. The van der Waals surface area contributed by atoms with Crippen molar-refractivity contribution in [3.8, 4) is 5.69 Å². The van der Waals surface area contributed by atoms with Gasteiger partial charge in [-0.05, 0) is 85.7 Å². The van der Waals surface area contributed by atoms with E-state index in [1.54, 1.807) is 6.07 Å². The van der Waals surface area contributed by atoms with Crippen LogP contribution >= 0.6 is 35.4 Å². The van der Waals surface area contributed by atoms with E-state index in [2.05, 4.69) is 44.7 Å². The maximum Gasteiger partial charge on any atom is 0.170 e. The molecule has 1 aromatic carbocycles. The summed E-state index contributed by atoms with van der Waals surface area (Å²) in [5, 5.41) is 5.45. The molecule has 5 nitrogen and oxygen atoms in total. The molecule has 0 spiro atoms. The summed E-state index contributed by atoms with van der Waals surface area (Å²) in [6.45, 7) is 4.87. The highest BCUT2D eigenvalue weighted by Gasteiger charge is 2.41. The van der Waals surface area contributed by atoms with Gasteiger partial charge in [0.25, 0.3) is 0 Å². The van der Waals surface area contributed by atoms with Crippen LogP contribution in [0.15, 0.2) is 73.2 Å². The number of halogens is 2. The fraction of sp³-hybridized carbons (Fsp3) is 0.192. The van der Waals surface area contributed by atoms with E-state index in [1.165, 1.54) is 5.56 Å². The molecule has 0 amide bonds. The second-order valence-corrected chi connectivity index (χ2v) is 9.60. The Bertz CT molecular complexity index is 1340. The lowest BCUT2D eigenvalue weighted by atomic mass is 9.96. The third-order valence-electron chi connectivity index (χ3n) is 6.24. The predicted molar refractivity (Wildman–Crippen MR) is 140 cm³/mol. The Morgan fingerprint density at radius 1 is 1.00 bits per heavy atom. The van der Waals surface area contributed by atoms with E-state index in [-0.39, 0.29) is 12.1 Å². The highest BCUT2D eigenvalue weighted by molar-refractivity contribution is 7.80. The molecule has 172 valence electrons. The van der Waals surface area contributed by atoms with Crippen molar-refractivity contribution in [2.75, 3.05) is 0 Å². The number of thiocarbonyl (C=S) groups is 1. The van der Waals surface area contributed by atoms with Gasteiger partial charge in [0.05, 0.1) is 28.5 Å². The molecule has 0 unspecified atom stereocenters. The number of aryl methyl sites for hydroxylation is 1. The van der Waals surface area contributed by atoms with Crippen LogP contribution in [-0.2, 0) is 6.54 Å². The normalized spacial score (nSPS) is 17.8. The first-order valence-corrected chi connectivity index (χ1v) is 12.1. The number of aromatic nitrogens is 3. The average Bonchev–Trinajstić information content (AvgIpc) is 3.30. The van der Waals surface area contributed by atoms with Crippen LogP contribution in [-0.4, -0.2) is 24.5 Å². The number of rotatable bonds is 5. The molecule has 0 aliphatic carbocycles. The van der Waals surface area contributed by atoms with Crippen molar-refractivity contribution in [1.82, 2.24) is 24.8 Å². The van der Waals surface area contributed by atoms with Crippen LogP contribution in [0.5, 0.6) is 0 Å². The van der Waals surface area contributed by atoms with Crippen LogP contribution in [0.4, 0.5) is 0 Å². The zero-order valence-corrected chi connectivity index (χ0v) is 21.1. The first-order chi connectivity index (χ1) is 16.4. The minimum Gasteiger partial charge on any atom is -0.352 e. The Morgan fingerprint density at radius 3 is 2.50 bits per heavy atom. The molecule has 34 heavy (non-hydrogen) atoms. The number of hydrogen-bond acceptors (Lipinski definition) is 3. The van der Waals surface area contributed by atoms with E-state index in [4.69, 9.17) is 35.4 Å². The highest BCUT2D eigenvalue weighted by Crippen LogP contribution is 2.42. The van der Waals surface area contributed by atoms with Gasteiger partial charge in [-0.1, -0.05) is 29.3 Å². The standard InChI is InChI=1S/C26H23Cl2N5S/c1-16-13-20(17(2)33(16)23-7-6-19(27)14-21(23)28)25-24(22-5-3-4-10-30-22)31-26(34)32(25)15-18-8-11-29-12-9-18/h3-14,24-25H,15H2,1-2H3,(H,31,34)/t24-,25-/m0/s1. The second-order valence-electron chi connectivity index (χ2n) is 8.37. The summed E-state index contributed by atoms with van der Waals surface area (Å²) in [6.07, 6.45) is 5.43. The topological polar surface area (TPSA) is 46.0 Å². The van der Waals surface area contributed by atoms with Gasteiger partial charge in [0.1, 0.15) is 0 Å². The summed E-state index contributed by atoms with van der Waals surface area (Å²) < 4.78 is 2.18. The van der Waals surface area contributed by atoms with E-state index < -0.39 is 0 Å². The zero-order chi connectivity index (χ0) is 23.8. The van der Waals surface area contributed by atoms with Crippen molar-refractivity contribution in [3.05, 3.63) is 111 Å². The Hall–Kier alpha value is -2.93. The number of nitrogens with one attached hydrogen (secondary N) is 1. The maximum absolute atomic E-state index is 6.60. The molecular weight excluding hydrogens is 485 g/mol. The Kier molecular flexibility index (Phi) is 6.30. The third-order valence-corrected chi connectivity index (χ3v) is 7.13. The van der Waals surface area contributed by atoms with Gasteiger partial charge in [-0.15, -0.1) is 0 Å². The minimum atomic E-state index is -0.0924. The van der Waals surface area contributed by atoms with Crippen LogP contribution in [0.25, 0.3) is 5.69 Å². The van der Waals surface area contributed by atoms with Gasteiger partial charge in [0, 0.05) is 41.5 Å². The van der Waals surface area contributed by atoms with E-state index in [0.717, 1.165) is 28.3 Å². The predicted octanol–water partition coefficient (Wildman–Crippen LogP) is 6.36. The number of pyridine rings is 2. The van der Waals surface area contributed by atoms with Crippen LogP contribution in [0, 0.1) is 13.8 Å². The summed E-state index contributed by atoms with van der Waals surface area (Å²) in [7, 11) is 0. The summed E-state index contributed by atoms with van der Waals surface area (Å²) in [6, 6.07) is 17.7. The largest absolute Gasteiger partial charge is 0.352 e. The lowest BCUT2D eigenvalue weighted by Gasteiger charge is -2.28. The number of benzene rings is 1.